The number of esters is 1. The van der Waals surface area contributed by atoms with E-state index in [1.807, 2.05) is 24.3 Å². The minimum atomic E-state index is -0.874. The van der Waals surface area contributed by atoms with Crippen LogP contribution in [-0.4, -0.2) is 43.3 Å². The average molecular weight is 608 g/mol. The number of carbonyl (C=O) groups is 2. The Morgan fingerprint density at radius 2 is 1.76 bits per heavy atom. The van der Waals surface area contributed by atoms with Crippen LogP contribution in [0.1, 0.15) is 63.1 Å². The summed E-state index contributed by atoms with van der Waals surface area (Å²) in [5.74, 6) is -0.797. The Hall–Kier alpha value is -3.53. The highest BCUT2D eigenvalue weighted by atomic mass is 35.5. The maximum Gasteiger partial charge on any atom is 0.338 e. The third-order valence-corrected chi connectivity index (χ3v) is 8.97. The number of unbranched alkanes of at least 4 members (excludes halogenated alkanes) is 4. The van der Waals surface area contributed by atoms with Gasteiger partial charge in [0, 0.05) is 24.2 Å². The number of thiazole rings is 1. The molecule has 0 saturated heterocycles. The van der Waals surface area contributed by atoms with Crippen LogP contribution in [-0.2, 0) is 19.1 Å². The molecule has 8 nitrogen and oxygen atoms in total. The van der Waals surface area contributed by atoms with Crippen molar-refractivity contribution < 1.29 is 19.1 Å². The smallest absolute Gasteiger partial charge is 0.338 e. The van der Waals surface area contributed by atoms with Gasteiger partial charge in [-0.15, -0.1) is 0 Å². The SMILES string of the molecule is CCCCCCCN1C(=O)/C(=c2\sc3n(c2=O)C(c2ccccc2Cl)C(C(=O)OCCOC)=C(C)N=3)c2ccccc21. The highest BCUT2D eigenvalue weighted by molar-refractivity contribution is 7.07. The summed E-state index contributed by atoms with van der Waals surface area (Å²) in [4.78, 5) is 48.4. The summed E-state index contributed by atoms with van der Waals surface area (Å²) in [5, 5.41) is 0.397. The van der Waals surface area contributed by atoms with Gasteiger partial charge in [-0.1, -0.05) is 91.9 Å². The molecule has 3 aromatic rings. The second kappa shape index (κ2) is 13.2. The number of nitrogens with zero attached hydrogens (tertiary/aromatic N) is 3. The molecule has 220 valence electrons. The van der Waals surface area contributed by atoms with Crippen molar-refractivity contribution in [1.29, 1.82) is 0 Å². The van der Waals surface area contributed by atoms with E-state index in [-0.39, 0.29) is 24.7 Å². The number of hydrogen-bond acceptors (Lipinski definition) is 7. The Labute approximate surface area is 253 Å². The molecule has 1 unspecified atom stereocenters. The van der Waals surface area contributed by atoms with Crippen LogP contribution in [0.15, 0.2) is 69.6 Å². The predicted molar refractivity (Wildman–Crippen MR) is 165 cm³/mol. The predicted octanol–water partition coefficient (Wildman–Crippen LogP) is 4.77. The number of methoxy groups -OCH3 is 1. The van der Waals surface area contributed by atoms with Crippen LogP contribution < -0.4 is 19.8 Å². The van der Waals surface area contributed by atoms with Crippen molar-refractivity contribution in [2.75, 3.05) is 31.8 Å². The molecule has 42 heavy (non-hydrogen) atoms. The summed E-state index contributed by atoms with van der Waals surface area (Å²) in [6.07, 6.45) is 5.37. The number of carbonyl (C=O) groups excluding carboxylic acids is 2. The van der Waals surface area contributed by atoms with E-state index >= 15 is 0 Å². The van der Waals surface area contributed by atoms with Crippen LogP contribution in [0.3, 0.4) is 0 Å². The van der Waals surface area contributed by atoms with E-state index < -0.39 is 17.6 Å². The first kappa shape index (κ1) is 29.9. The number of fused-ring (bicyclic) bond motifs is 2. The summed E-state index contributed by atoms with van der Waals surface area (Å²) in [6, 6.07) is 13.8. The van der Waals surface area contributed by atoms with Crippen molar-refractivity contribution in [3.8, 4) is 0 Å². The second-order valence-electron chi connectivity index (χ2n) is 10.3. The lowest BCUT2D eigenvalue weighted by Gasteiger charge is -2.25. The molecule has 2 aromatic carbocycles. The molecule has 5 rings (SSSR count). The Morgan fingerprint density at radius 1 is 1.02 bits per heavy atom. The standard InChI is InChI=1S/C32H34ClN3O5S/c1-4-5-6-7-12-17-35-24-16-11-9-14-22(24)26(29(35)37)28-30(38)36-27(21-13-8-10-15-23(21)33)25(20(2)34-32(36)42-28)31(39)41-19-18-40-3/h8-11,13-16,27H,4-7,12,17-19H2,1-3H3/b28-26-. The van der Waals surface area contributed by atoms with Gasteiger partial charge in [-0.05, 0) is 31.0 Å². The van der Waals surface area contributed by atoms with Crippen LogP contribution in [0.25, 0.3) is 5.57 Å². The van der Waals surface area contributed by atoms with Gasteiger partial charge in [-0.2, -0.15) is 0 Å². The molecule has 1 aromatic heterocycles. The van der Waals surface area contributed by atoms with Crippen molar-refractivity contribution in [1.82, 2.24) is 4.57 Å². The molecule has 0 saturated carbocycles. The Kier molecular flexibility index (Phi) is 9.40. The Morgan fingerprint density at radius 3 is 2.52 bits per heavy atom. The zero-order valence-electron chi connectivity index (χ0n) is 24.0. The first-order valence-electron chi connectivity index (χ1n) is 14.3. The van der Waals surface area contributed by atoms with E-state index in [0.29, 0.717) is 37.7 Å². The molecule has 0 aliphatic carbocycles. The molecule has 3 heterocycles. The second-order valence-corrected chi connectivity index (χ2v) is 11.7. The lowest BCUT2D eigenvalue weighted by atomic mass is 9.96. The van der Waals surface area contributed by atoms with E-state index in [1.54, 1.807) is 36.1 Å². The maximum absolute atomic E-state index is 14.3. The fraction of sp³-hybridized carbons (Fsp3) is 0.375. The molecule has 0 fully saturated rings. The fourth-order valence-corrected chi connectivity index (χ4v) is 6.89. The molecule has 1 amide bonds. The van der Waals surface area contributed by atoms with Crippen LogP contribution in [0.4, 0.5) is 5.69 Å². The molecule has 1 atom stereocenters. The minimum absolute atomic E-state index is 0.0511. The molecular formula is C32H34ClN3O5S. The Bertz CT molecular complexity index is 1720. The van der Waals surface area contributed by atoms with Gasteiger partial charge in [0.2, 0.25) is 0 Å². The van der Waals surface area contributed by atoms with Crippen molar-refractivity contribution in [2.45, 2.75) is 52.0 Å². The molecule has 2 aliphatic rings. The zero-order chi connectivity index (χ0) is 29.8. The normalized spacial score (nSPS) is 17.3. The van der Waals surface area contributed by atoms with Crippen molar-refractivity contribution in [3.63, 3.8) is 0 Å². The monoisotopic (exact) mass is 607 g/mol. The third kappa shape index (κ3) is 5.61. The summed E-state index contributed by atoms with van der Waals surface area (Å²) in [6.45, 7) is 4.76. The molecule has 0 spiro atoms. The Balaban J connectivity index is 1.65. The molecule has 0 bridgehead atoms. The highest BCUT2D eigenvalue weighted by Gasteiger charge is 2.37. The topological polar surface area (TPSA) is 90.2 Å². The zero-order valence-corrected chi connectivity index (χ0v) is 25.6. The number of rotatable bonds is 11. The number of hydrogen-bond donors (Lipinski definition) is 0. The number of halogens is 1. The number of para-hydroxylation sites is 1. The summed E-state index contributed by atoms with van der Waals surface area (Å²) in [7, 11) is 1.52. The number of amides is 1. The van der Waals surface area contributed by atoms with Crippen LogP contribution in [0.2, 0.25) is 5.02 Å². The van der Waals surface area contributed by atoms with E-state index in [1.165, 1.54) is 18.1 Å². The number of ether oxygens (including phenoxy) is 2. The van der Waals surface area contributed by atoms with Gasteiger partial charge in [-0.25, -0.2) is 9.79 Å². The lowest BCUT2D eigenvalue weighted by Crippen LogP contribution is -2.41. The van der Waals surface area contributed by atoms with Gasteiger partial charge in [0.05, 0.1) is 29.1 Å². The molecule has 2 aliphatic heterocycles. The number of aromatic nitrogens is 1. The van der Waals surface area contributed by atoms with E-state index in [9.17, 15) is 14.4 Å². The van der Waals surface area contributed by atoms with Gasteiger partial charge >= 0.3 is 5.97 Å². The quantitative estimate of drug-likeness (QED) is 0.231. The molecule has 0 radical (unpaired) electrons. The molecule has 10 heteroatoms. The third-order valence-electron chi connectivity index (χ3n) is 7.57. The van der Waals surface area contributed by atoms with E-state index in [4.69, 9.17) is 21.1 Å². The average Bonchev–Trinajstić information content (AvgIpc) is 3.44. The van der Waals surface area contributed by atoms with E-state index in [0.717, 1.165) is 48.3 Å². The van der Waals surface area contributed by atoms with Gasteiger partial charge in [0.1, 0.15) is 17.2 Å². The van der Waals surface area contributed by atoms with Gasteiger partial charge in [0.15, 0.2) is 4.80 Å². The van der Waals surface area contributed by atoms with Crippen molar-refractivity contribution in [3.05, 3.63) is 95.6 Å². The van der Waals surface area contributed by atoms with Crippen molar-refractivity contribution in [2.24, 2.45) is 4.99 Å². The fourth-order valence-electron chi connectivity index (χ4n) is 5.51. The first-order chi connectivity index (χ1) is 20.4. The minimum Gasteiger partial charge on any atom is -0.460 e. The van der Waals surface area contributed by atoms with Gasteiger partial charge in [-0.3, -0.25) is 14.2 Å². The summed E-state index contributed by atoms with van der Waals surface area (Å²) < 4.78 is 12.3. The van der Waals surface area contributed by atoms with Gasteiger partial charge < -0.3 is 14.4 Å². The van der Waals surface area contributed by atoms with E-state index in [2.05, 4.69) is 11.9 Å². The first-order valence-corrected chi connectivity index (χ1v) is 15.4. The maximum atomic E-state index is 14.3. The van der Waals surface area contributed by atoms with Crippen LogP contribution in [0, 0.1) is 0 Å². The van der Waals surface area contributed by atoms with Crippen LogP contribution >= 0.6 is 22.9 Å². The van der Waals surface area contributed by atoms with Gasteiger partial charge in [0.25, 0.3) is 11.5 Å². The lowest BCUT2D eigenvalue weighted by molar-refractivity contribution is -0.140. The summed E-state index contributed by atoms with van der Waals surface area (Å²) >= 11 is 7.80. The molecular weight excluding hydrogens is 574 g/mol. The molecule has 0 N–H and O–H groups in total. The highest BCUT2D eigenvalue weighted by Crippen LogP contribution is 2.37. The number of benzene rings is 2. The van der Waals surface area contributed by atoms with Crippen molar-refractivity contribution >= 4 is 46.1 Å². The number of anilines is 1. The largest absolute Gasteiger partial charge is 0.460 e. The van der Waals surface area contributed by atoms with Crippen LogP contribution in [0.5, 0.6) is 0 Å². The number of allylic oxidation sites excluding steroid dienone is 1. The summed E-state index contributed by atoms with van der Waals surface area (Å²) in [5.41, 5.74) is 2.71.